The molecule has 0 aromatic heterocycles. The van der Waals surface area contributed by atoms with E-state index >= 15 is 0 Å². The fraction of sp³-hybridized carbons (Fsp3) is 0.417. The van der Waals surface area contributed by atoms with E-state index in [9.17, 15) is 9.59 Å². The number of ether oxygens (including phenoxy) is 2. The van der Waals surface area contributed by atoms with Gasteiger partial charge in [-0.15, -0.1) is 0 Å². The highest BCUT2D eigenvalue weighted by molar-refractivity contribution is 6.42. The standard InChI is InChI=1S/C24H30Cl2N4O4/c1-33-21-8-5-16(12-22(21)34-2)4-3-9-28-23(31)14-18-15-30(11-10-27-18)24(32)29-17-6-7-19(25)20(26)13-17/h5-8,12-13,18,27H,3-4,9-11,14-15H2,1-2H3,(H,28,31)(H,29,32). The summed E-state index contributed by atoms with van der Waals surface area (Å²) in [4.78, 5) is 26.7. The lowest BCUT2D eigenvalue weighted by atomic mass is 10.1. The number of anilines is 1. The van der Waals surface area contributed by atoms with E-state index in [2.05, 4.69) is 16.0 Å². The Kier molecular flexibility index (Phi) is 9.68. The number of carbonyl (C=O) groups is 2. The van der Waals surface area contributed by atoms with Crippen LogP contribution in [0.4, 0.5) is 10.5 Å². The molecule has 8 nitrogen and oxygen atoms in total. The van der Waals surface area contributed by atoms with E-state index < -0.39 is 0 Å². The van der Waals surface area contributed by atoms with Gasteiger partial charge in [0.15, 0.2) is 11.5 Å². The Hall–Kier alpha value is -2.68. The van der Waals surface area contributed by atoms with Crippen molar-refractivity contribution in [2.45, 2.75) is 25.3 Å². The molecule has 34 heavy (non-hydrogen) atoms. The van der Waals surface area contributed by atoms with Crippen molar-refractivity contribution in [3.63, 3.8) is 0 Å². The number of hydrogen-bond acceptors (Lipinski definition) is 5. The summed E-state index contributed by atoms with van der Waals surface area (Å²) in [5.41, 5.74) is 1.69. The van der Waals surface area contributed by atoms with Crippen LogP contribution in [0.3, 0.4) is 0 Å². The zero-order valence-corrected chi connectivity index (χ0v) is 20.8. The van der Waals surface area contributed by atoms with Crippen molar-refractivity contribution in [3.05, 3.63) is 52.0 Å². The molecule has 2 aromatic rings. The van der Waals surface area contributed by atoms with Gasteiger partial charge in [0.1, 0.15) is 0 Å². The minimum Gasteiger partial charge on any atom is -0.493 e. The molecule has 184 valence electrons. The Labute approximate surface area is 209 Å². The summed E-state index contributed by atoms with van der Waals surface area (Å²) in [5, 5.41) is 9.90. The van der Waals surface area contributed by atoms with Crippen molar-refractivity contribution in [3.8, 4) is 11.5 Å². The fourth-order valence-electron chi connectivity index (χ4n) is 3.78. The Bertz CT molecular complexity index is 1000. The van der Waals surface area contributed by atoms with E-state index in [1.807, 2.05) is 18.2 Å². The summed E-state index contributed by atoms with van der Waals surface area (Å²) in [6, 6.07) is 10.4. The van der Waals surface area contributed by atoms with Crippen LogP contribution in [-0.2, 0) is 11.2 Å². The molecule has 0 aliphatic carbocycles. The lowest BCUT2D eigenvalue weighted by Gasteiger charge is -2.33. The zero-order chi connectivity index (χ0) is 24.5. The molecule has 1 unspecified atom stereocenters. The number of carbonyl (C=O) groups excluding carboxylic acids is 2. The number of nitrogens with zero attached hydrogens (tertiary/aromatic N) is 1. The van der Waals surface area contributed by atoms with Gasteiger partial charge in [-0.25, -0.2) is 4.79 Å². The molecule has 3 rings (SSSR count). The van der Waals surface area contributed by atoms with Gasteiger partial charge in [-0.2, -0.15) is 0 Å². The lowest BCUT2D eigenvalue weighted by molar-refractivity contribution is -0.121. The number of piperazine rings is 1. The van der Waals surface area contributed by atoms with Gasteiger partial charge < -0.3 is 30.3 Å². The van der Waals surface area contributed by atoms with Crippen LogP contribution < -0.4 is 25.4 Å². The molecule has 1 aliphatic rings. The Morgan fingerprint density at radius 1 is 1.09 bits per heavy atom. The summed E-state index contributed by atoms with van der Waals surface area (Å²) < 4.78 is 10.6. The highest BCUT2D eigenvalue weighted by Crippen LogP contribution is 2.28. The van der Waals surface area contributed by atoms with Gasteiger partial charge in [0.25, 0.3) is 0 Å². The predicted octanol–water partition coefficient (Wildman–Crippen LogP) is 3.96. The molecule has 0 spiro atoms. The maximum atomic E-state index is 12.6. The fourth-order valence-corrected chi connectivity index (χ4v) is 4.07. The SMILES string of the molecule is COc1ccc(CCCNC(=O)CC2CN(C(=O)Nc3ccc(Cl)c(Cl)c3)CCN2)cc1OC. The number of benzene rings is 2. The number of nitrogens with one attached hydrogen (secondary N) is 3. The van der Waals surface area contributed by atoms with Crippen molar-refractivity contribution in [2.24, 2.45) is 0 Å². The van der Waals surface area contributed by atoms with Crippen molar-refractivity contribution in [1.82, 2.24) is 15.5 Å². The summed E-state index contributed by atoms with van der Waals surface area (Å²) in [5.74, 6) is 1.34. The molecule has 3 amide bonds. The predicted molar refractivity (Wildman–Crippen MR) is 134 cm³/mol. The molecule has 1 aliphatic heterocycles. The molecule has 3 N–H and O–H groups in total. The molecule has 0 saturated carbocycles. The molecule has 0 radical (unpaired) electrons. The van der Waals surface area contributed by atoms with Gasteiger partial charge in [-0.3, -0.25) is 4.79 Å². The average molecular weight is 509 g/mol. The van der Waals surface area contributed by atoms with Crippen molar-refractivity contribution in [2.75, 3.05) is 45.7 Å². The summed E-state index contributed by atoms with van der Waals surface area (Å²) >= 11 is 11.9. The first-order chi connectivity index (χ1) is 16.4. The molecule has 1 saturated heterocycles. The van der Waals surface area contributed by atoms with Crippen molar-refractivity contribution >= 4 is 40.8 Å². The lowest BCUT2D eigenvalue weighted by Crippen LogP contribution is -2.54. The maximum absolute atomic E-state index is 12.6. The normalized spacial score (nSPS) is 15.5. The maximum Gasteiger partial charge on any atom is 0.321 e. The molecule has 10 heteroatoms. The van der Waals surface area contributed by atoms with E-state index in [4.69, 9.17) is 32.7 Å². The number of halogens is 2. The second-order valence-electron chi connectivity index (χ2n) is 8.00. The molecule has 1 heterocycles. The second kappa shape index (κ2) is 12.7. The summed E-state index contributed by atoms with van der Waals surface area (Å²) in [6.45, 7) is 2.18. The Balaban J connectivity index is 1.40. The number of amides is 3. The minimum absolute atomic E-state index is 0.0449. The molecular formula is C24H30Cl2N4O4. The van der Waals surface area contributed by atoms with Gasteiger partial charge >= 0.3 is 6.03 Å². The third-order valence-corrected chi connectivity index (χ3v) is 6.30. The van der Waals surface area contributed by atoms with Crippen LogP contribution in [-0.4, -0.2) is 63.3 Å². The number of methoxy groups -OCH3 is 2. The van der Waals surface area contributed by atoms with Crippen LogP contribution in [0.15, 0.2) is 36.4 Å². The van der Waals surface area contributed by atoms with Gasteiger partial charge in [-0.1, -0.05) is 29.3 Å². The van der Waals surface area contributed by atoms with E-state index in [0.717, 1.165) is 18.4 Å². The summed E-state index contributed by atoms with van der Waals surface area (Å²) in [7, 11) is 3.22. The smallest absolute Gasteiger partial charge is 0.321 e. The van der Waals surface area contributed by atoms with E-state index in [0.29, 0.717) is 59.8 Å². The quantitative estimate of drug-likeness (QED) is 0.446. The van der Waals surface area contributed by atoms with E-state index in [1.165, 1.54) is 0 Å². The van der Waals surface area contributed by atoms with E-state index in [-0.39, 0.29) is 18.0 Å². The topological polar surface area (TPSA) is 91.9 Å². The van der Waals surface area contributed by atoms with Crippen molar-refractivity contribution in [1.29, 1.82) is 0 Å². The second-order valence-corrected chi connectivity index (χ2v) is 8.82. The number of hydrogen-bond donors (Lipinski definition) is 3. The number of aryl methyl sites for hydroxylation is 1. The first kappa shape index (κ1) is 25.9. The molecule has 2 aromatic carbocycles. The zero-order valence-electron chi connectivity index (χ0n) is 19.3. The van der Waals surface area contributed by atoms with Gasteiger partial charge in [0.2, 0.25) is 5.91 Å². The highest BCUT2D eigenvalue weighted by atomic mass is 35.5. The third kappa shape index (κ3) is 7.41. The largest absolute Gasteiger partial charge is 0.493 e. The Morgan fingerprint density at radius 3 is 2.62 bits per heavy atom. The number of urea groups is 1. The first-order valence-corrected chi connectivity index (χ1v) is 11.9. The van der Waals surface area contributed by atoms with E-state index in [1.54, 1.807) is 37.3 Å². The van der Waals surface area contributed by atoms with Gasteiger partial charge in [0, 0.05) is 44.3 Å². The average Bonchev–Trinajstić information content (AvgIpc) is 2.84. The molecular weight excluding hydrogens is 479 g/mol. The van der Waals surface area contributed by atoms with Crippen LogP contribution in [0, 0.1) is 0 Å². The monoisotopic (exact) mass is 508 g/mol. The summed E-state index contributed by atoms with van der Waals surface area (Å²) in [6.07, 6.45) is 1.91. The van der Waals surface area contributed by atoms with Gasteiger partial charge in [0.05, 0.1) is 24.3 Å². The van der Waals surface area contributed by atoms with Gasteiger partial charge in [-0.05, 0) is 48.7 Å². The van der Waals surface area contributed by atoms with Crippen LogP contribution in [0.25, 0.3) is 0 Å². The molecule has 1 atom stereocenters. The molecule has 0 bridgehead atoms. The third-order valence-electron chi connectivity index (χ3n) is 5.56. The number of rotatable bonds is 9. The Morgan fingerprint density at radius 2 is 1.88 bits per heavy atom. The van der Waals surface area contributed by atoms with Crippen molar-refractivity contribution < 1.29 is 19.1 Å². The minimum atomic E-state index is -0.236. The van der Waals surface area contributed by atoms with Crippen LogP contribution in [0.1, 0.15) is 18.4 Å². The van der Waals surface area contributed by atoms with Crippen LogP contribution >= 0.6 is 23.2 Å². The van der Waals surface area contributed by atoms with Crippen LogP contribution in [0.2, 0.25) is 10.0 Å². The highest BCUT2D eigenvalue weighted by Gasteiger charge is 2.25. The van der Waals surface area contributed by atoms with Crippen LogP contribution in [0.5, 0.6) is 11.5 Å². The molecule has 1 fully saturated rings. The first-order valence-electron chi connectivity index (χ1n) is 11.1.